The Balaban J connectivity index is 1.56. The van der Waals surface area contributed by atoms with E-state index in [1.165, 1.54) is 51.4 Å². The summed E-state index contributed by atoms with van der Waals surface area (Å²) in [7, 11) is 0. The fraction of sp³-hybridized carbons (Fsp3) is 0.556. The summed E-state index contributed by atoms with van der Waals surface area (Å²) in [6, 6.07) is 2.40. The van der Waals surface area contributed by atoms with Gasteiger partial charge in [0, 0.05) is 24.6 Å². The van der Waals surface area contributed by atoms with E-state index in [1.54, 1.807) is 18.6 Å². The summed E-state index contributed by atoms with van der Waals surface area (Å²) in [5, 5.41) is 3.65. The minimum atomic E-state index is 0.476. The molecule has 2 aliphatic rings. The largest absolute Gasteiger partial charge is 0.351 e. The molecule has 2 aromatic rings. The van der Waals surface area contributed by atoms with Crippen LogP contribution >= 0.6 is 0 Å². The Morgan fingerprint density at radius 3 is 2.52 bits per heavy atom. The zero-order valence-corrected chi connectivity index (χ0v) is 13.4. The van der Waals surface area contributed by atoms with Gasteiger partial charge in [0.05, 0.1) is 11.9 Å². The van der Waals surface area contributed by atoms with Crippen molar-refractivity contribution >= 4 is 5.95 Å². The standard InChI is InChI=1S/C18H23N5/c1-2-7-18(8-3-4-9-18)16(5-1)23-17-21-10-6-14(22-17)15-13-19-11-12-20-15/h6,10-13,16H,1-5,7-9H2,(H,21,22,23). The molecule has 2 fully saturated rings. The molecular formula is C18H23N5. The van der Waals surface area contributed by atoms with Crippen molar-refractivity contribution in [3.63, 3.8) is 0 Å². The van der Waals surface area contributed by atoms with Crippen LogP contribution in [0.15, 0.2) is 30.9 Å². The first-order chi connectivity index (χ1) is 11.4. The first-order valence-electron chi connectivity index (χ1n) is 8.72. The Bertz CT molecular complexity index is 651. The Morgan fingerprint density at radius 2 is 1.74 bits per heavy atom. The highest BCUT2D eigenvalue weighted by molar-refractivity contribution is 5.53. The van der Waals surface area contributed by atoms with Crippen LogP contribution in [0.5, 0.6) is 0 Å². The van der Waals surface area contributed by atoms with Crippen LogP contribution in [0.4, 0.5) is 5.95 Å². The van der Waals surface area contributed by atoms with Gasteiger partial charge in [-0.2, -0.15) is 0 Å². The fourth-order valence-electron chi connectivity index (χ4n) is 4.37. The maximum atomic E-state index is 4.67. The van der Waals surface area contributed by atoms with Gasteiger partial charge in [-0.3, -0.25) is 9.97 Å². The van der Waals surface area contributed by atoms with Crippen molar-refractivity contribution in [2.45, 2.75) is 57.4 Å². The molecule has 23 heavy (non-hydrogen) atoms. The third-order valence-electron chi connectivity index (χ3n) is 5.54. The second-order valence-corrected chi connectivity index (χ2v) is 6.87. The minimum Gasteiger partial charge on any atom is -0.351 e. The van der Waals surface area contributed by atoms with Crippen LogP contribution in [-0.2, 0) is 0 Å². The first-order valence-corrected chi connectivity index (χ1v) is 8.72. The van der Waals surface area contributed by atoms with Gasteiger partial charge in [-0.15, -0.1) is 0 Å². The summed E-state index contributed by atoms with van der Waals surface area (Å²) in [6.07, 6.45) is 17.7. The molecule has 4 rings (SSSR count). The maximum absolute atomic E-state index is 4.67. The van der Waals surface area contributed by atoms with Crippen molar-refractivity contribution in [3.8, 4) is 11.4 Å². The molecule has 2 heterocycles. The molecule has 0 bridgehead atoms. The molecule has 0 aromatic carbocycles. The second-order valence-electron chi connectivity index (χ2n) is 6.87. The molecule has 2 aliphatic carbocycles. The molecule has 2 saturated carbocycles. The fourth-order valence-corrected chi connectivity index (χ4v) is 4.37. The van der Waals surface area contributed by atoms with E-state index in [2.05, 4.69) is 25.3 Å². The molecule has 120 valence electrons. The first kappa shape index (κ1) is 14.5. The summed E-state index contributed by atoms with van der Waals surface area (Å²) >= 11 is 0. The molecule has 0 radical (unpaired) electrons. The van der Waals surface area contributed by atoms with Gasteiger partial charge < -0.3 is 5.32 Å². The van der Waals surface area contributed by atoms with Crippen molar-refractivity contribution < 1.29 is 0 Å². The molecule has 1 unspecified atom stereocenters. The maximum Gasteiger partial charge on any atom is 0.223 e. The topological polar surface area (TPSA) is 63.6 Å². The van der Waals surface area contributed by atoms with Crippen molar-refractivity contribution in [1.82, 2.24) is 19.9 Å². The molecule has 1 N–H and O–H groups in total. The third kappa shape index (κ3) is 2.92. The van der Waals surface area contributed by atoms with Crippen LogP contribution < -0.4 is 5.32 Å². The van der Waals surface area contributed by atoms with Gasteiger partial charge in [0.15, 0.2) is 0 Å². The van der Waals surface area contributed by atoms with Gasteiger partial charge in [0.25, 0.3) is 0 Å². The Morgan fingerprint density at radius 1 is 0.913 bits per heavy atom. The molecule has 0 saturated heterocycles. The van der Waals surface area contributed by atoms with Crippen molar-refractivity contribution in [1.29, 1.82) is 0 Å². The summed E-state index contributed by atoms with van der Waals surface area (Å²) in [5.74, 6) is 0.728. The minimum absolute atomic E-state index is 0.476. The lowest BCUT2D eigenvalue weighted by Gasteiger charge is -2.42. The number of aromatic nitrogens is 4. The number of nitrogens with one attached hydrogen (secondary N) is 1. The van der Waals surface area contributed by atoms with E-state index >= 15 is 0 Å². The summed E-state index contributed by atoms with van der Waals surface area (Å²) in [6.45, 7) is 0. The predicted molar refractivity (Wildman–Crippen MR) is 89.8 cm³/mol. The molecule has 1 spiro atoms. The molecular weight excluding hydrogens is 286 g/mol. The Hall–Kier alpha value is -2.04. The van der Waals surface area contributed by atoms with Crippen LogP contribution in [0, 0.1) is 5.41 Å². The number of hydrogen-bond acceptors (Lipinski definition) is 5. The molecule has 0 aliphatic heterocycles. The lowest BCUT2D eigenvalue weighted by atomic mass is 9.69. The number of rotatable bonds is 3. The summed E-state index contributed by atoms with van der Waals surface area (Å²) in [5.41, 5.74) is 2.09. The number of anilines is 1. The van der Waals surface area contributed by atoms with E-state index in [0.717, 1.165) is 17.3 Å². The molecule has 5 nitrogen and oxygen atoms in total. The van der Waals surface area contributed by atoms with Crippen LogP contribution in [0.25, 0.3) is 11.4 Å². The van der Waals surface area contributed by atoms with Crippen molar-refractivity contribution in [2.75, 3.05) is 5.32 Å². The zero-order valence-electron chi connectivity index (χ0n) is 13.4. The van der Waals surface area contributed by atoms with Crippen molar-refractivity contribution in [2.24, 2.45) is 5.41 Å². The van der Waals surface area contributed by atoms with Gasteiger partial charge in [0.1, 0.15) is 5.69 Å². The van der Waals surface area contributed by atoms with Crippen LogP contribution in [0.2, 0.25) is 0 Å². The monoisotopic (exact) mass is 309 g/mol. The SMILES string of the molecule is c1cnc(-c2ccnc(NC3CCCCC34CCCC4)n2)cn1. The van der Waals surface area contributed by atoms with Gasteiger partial charge in [-0.1, -0.05) is 25.7 Å². The van der Waals surface area contributed by atoms with Crippen LogP contribution in [-0.4, -0.2) is 26.0 Å². The molecule has 0 amide bonds. The summed E-state index contributed by atoms with van der Waals surface area (Å²) in [4.78, 5) is 17.6. The summed E-state index contributed by atoms with van der Waals surface area (Å²) < 4.78 is 0. The highest BCUT2D eigenvalue weighted by atomic mass is 15.1. The average molecular weight is 309 g/mol. The number of hydrogen-bond donors (Lipinski definition) is 1. The third-order valence-corrected chi connectivity index (χ3v) is 5.54. The van der Waals surface area contributed by atoms with E-state index in [0.29, 0.717) is 11.5 Å². The lowest BCUT2D eigenvalue weighted by Crippen LogP contribution is -2.41. The smallest absolute Gasteiger partial charge is 0.223 e. The molecule has 2 aromatic heterocycles. The van der Waals surface area contributed by atoms with Gasteiger partial charge >= 0.3 is 0 Å². The molecule has 1 atom stereocenters. The Kier molecular flexibility index (Phi) is 3.93. The normalized spacial score (nSPS) is 23.0. The highest BCUT2D eigenvalue weighted by Crippen LogP contribution is 2.49. The van der Waals surface area contributed by atoms with E-state index in [-0.39, 0.29) is 0 Å². The second kappa shape index (κ2) is 6.22. The van der Waals surface area contributed by atoms with Gasteiger partial charge in [0.2, 0.25) is 5.95 Å². The molecule has 5 heteroatoms. The van der Waals surface area contributed by atoms with E-state index in [1.807, 2.05) is 12.3 Å². The van der Waals surface area contributed by atoms with Crippen molar-refractivity contribution in [3.05, 3.63) is 30.9 Å². The van der Waals surface area contributed by atoms with Crippen LogP contribution in [0.3, 0.4) is 0 Å². The quantitative estimate of drug-likeness (QED) is 0.933. The van der Waals surface area contributed by atoms with E-state index in [4.69, 9.17) is 0 Å². The lowest BCUT2D eigenvalue weighted by molar-refractivity contribution is 0.172. The zero-order chi connectivity index (χ0) is 15.5. The average Bonchev–Trinajstić information content (AvgIpc) is 3.07. The van der Waals surface area contributed by atoms with E-state index in [9.17, 15) is 0 Å². The Labute approximate surface area is 137 Å². The van der Waals surface area contributed by atoms with E-state index < -0.39 is 0 Å². The van der Waals surface area contributed by atoms with Gasteiger partial charge in [-0.05, 0) is 37.2 Å². The highest BCUT2D eigenvalue weighted by Gasteiger charge is 2.42. The predicted octanol–water partition coefficient (Wildman–Crippen LogP) is 3.85. The van der Waals surface area contributed by atoms with Crippen LogP contribution in [0.1, 0.15) is 51.4 Å². The number of nitrogens with zero attached hydrogens (tertiary/aromatic N) is 4. The van der Waals surface area contributed by atoms with Gasteiger partial charge in [-0.25, -0.2) is 9.97 Å².